The van der Waals surface area contributed by atoms with Crippen LogP contribution >= 0.6 is 0 Å². The van der Waals surface area contributed by atoms with E-state index in [1.165, 1.54) is 12.8 Å². The summed E-state index contributed by atoms with van der Waals surface area (Å²) in [6.45, 7) is 14.9. The second kappa shape index (κ2) is 4.55. The van der Waals surface area contributed by atoms with Gasteiger partial charge in [0, 0.05) is 12.6 Å². The predicted molar refractivity (Wildman–Crippen MR) is 72.1 cm³/mol. The molecule has 0 aromatic carbocycles. The van der Waals surface area contributed by atoms with E-state index in [0.29, 0.717) is 16.9 Å². The molecule has 2 heteroatoms. The largest absolute Gasteiger partial charge is 0.381 e. The molecule has 2 atom stereocenters. The average molecular weight is 239 g/mol. The van der Waals surface area contributed by atoms with Crippen LogP contribution in [0.15, 0.2) is 0 Å². The molecule has 2 rings (SSSR count). The monoisotopic (exact) mass is 239 g/mol. The highest BCUT2D eigenvalue weighted by atomic mass is 16.5. The third-order valence-corrected chi connectivity index (χ3v) is 5.63. The summed E-state index contributed by atoms with van der Waals surface area (Å²) in [4.78, 5) is 0. The smallest absolute Gasteiger partial charge is 0.0509 e. The van der Waals surface area contributed by atoms with E-state index >= 15 is 0 Å². The van der Waals surface area contributed by atoms with E-state index in [2.05, 4.69) is 39.9 Å². The Labute approximate surface area is 107 Å². The molecular formula is C15H29NO. The summed E-state index contributed by atoms with van der Waals surface area (Å²) in [5.41, 5.74) is 0.939. The van der Waals surface area contributed by atoms with Gasteiger partial charge in [-0.2, -0.15) is 0 Å². The fraction of sp³-hybridized carbons (Fsp3) is 1.00. The van der Waals surface area contributed by atoms with Crippen molar-refractivity contribution in [3.05, 3.63) is 0 Å². The fourth-order valence-electron chi connectivity index (χ4n) is 3.99. The van der Waals surface area contributed by atoms with Crippen LogP contribution in [0.3, 0.4) is 0 Å². The van der Waals surface area contributed by atoms with Crippen molar-refractivity contribution in [3.8, 4) is 0 Å². The van der Waals surface area contributed by atoms with Crippen molar-refractivity contribution in [2.24, 2.45) is 22.7 Å². The number of rotatable bonds is 4. The summed E-state index contributed by atoms with van der Waals surface area (Å²) in [6.07, 6.45) is 2.57. The quantitative estimate of drug-likeness (QED) is 0.814. The number of nitrogens with one attached hydrogen (secondary N) is 1. The topological polar surface area (TPSA) is 21.3 Å². The Hall–Kier alpha value is -0.0800. The van der Waals surface area contributed by atoms with Crippen molar-refractivity contribution in [2.75, 3.05) is 19.8 Å². The van der Waals surface area contributed by atoms with Crippen LogP contribution in [0.4, 0.5) is 0 Å². The van der Waals surface area contributed by atoms with Gasteiger partial charge in [0.25, 0.3) is 0 Å². The Morgan fingerprint density at radius 1 is 1.24 bits per heavy atom. The van der Waals surface area contributed by atoms with Gasteiger partial charge in [-0.3, -0.25) is 0 Å². The van der Waals surface area contributed by atoms with E-state index in [0.717, 1.165) is 31.6 Å². The molecule has 1 saturated heterocycles. The molecule has 0 amide bonds. The van der Waals surface area contributed by atoms with Gasteiger partial charge in [-0.1, -0.05) is 34.6 Å². The molecule has 2 fully saturated rings. The molecule has 1 N–H and O–H groups in total. The molecule has 2 unspecified atom stereocenters. The molecule has 0 aromatic rings. The summed E-state index contributed by atoms with van der Waals surface area (Å²) in [6, 6.07) is 0.644. The van der Waals surface area contributed by atoms with Gasteiger partial charge in [0.15, 0.2) is 0 Å². The maximum Gasteiger partial charge on any atom is 0.0509 e. The molecule has 1 aliphatic heterocycles. The van der Waals surface area contributed by atoms with Crippen molar-refractivity contribution in [1.82, 2.24) is 5.32 Å². The zero-order valence-electron chi connectivity index (χ0n) is 12.2. The second-order valence-corrected chi connectivity index (χ2v) is 6.98. The third kappa shape index (κ3) is 2.15. The molecule has 0 spiro atoms. The minimum absolute atomic E-state index is 0.470. The molecule has 17 heavy (non-hydrogen) atoms. The number of ether oxygens (including phenoxy) is 1. The van der Waals surface area contributed by atoms with Gasteiger partial charge in [0.1, 0.15) is 0 Å². The zero-order valence-corrected chi connectivity index (χ0v) is 12.2. The summed E-state index contributed by atoms with van der Waals surface area (Å²) in [5.74, 6) is 1.51. The molecule has 0 aromatic heterocycles. The maximum absolute atomic E-state index is 5.68. The second-order valence-electron chi connectivity index (χ2n) is 6.98. The average Bonchev–Trinajstić information content (AvgIpc) is 2.68. The molecule has 100 valence electrons. The molecule has 1 heterocycles. The van der Waals surface area contributed by atoms with E-state index in [1.54, 1.807) is 0 Å². The first-order chi connectivity index (χ1) is 7.93. The molecular weight excluding hydrogens is 210 g/mol. The lowest BCUT2D eigenvalue weighted by Gasteiger charge is -2.32. The van der Waals surface area contributed by atoms with E-state index in [9.17, 15) is 0 Å². The lowest BCUT2D eigenvalue weighted by atomic mass is 9.87. The highest BCUT2D eigenvalue weighted by molar-refractivity contribution is 5.17. The first kappa shape index (κ1) is 13.4. The Kier molecular flexibility index (Phi) is 3.57. The first-order valence-electron chi connectivity index (χ1n) is 7.24. The van der Waals surface area contributed by atoms with Crippen LogP contribution in [-0.4, -0.2) is 25.8 Å². The lowest BCUT2D eigenvalue weighted by molar-refractivity contribution is 0.0327. The van der Waals surface area contributed by atoms with Crippen molar-refractivity contribution in [2.45, 2.75) is 53.5 Å². The predicted octanol–water partition coefficient (Wildman–Crippen LogP) is 3.07. The van der Waals surface area contributed by atoms with Crippen molar-refractivity contribution >= 4 is 0 Å². The molecule has 2 nitrogen and oxygen atoms in total. The van der Waals surface area contributed by atoms with E-state index in [1.807, 2.05) is 0 Å². The molecule has 0 radical (unpaired) electrons. The Bertz CT molecular complexity index is 252. The summed E-state index contributed by atoms with van der Waals surface area (Å²) in [5, 5.41) is 3.75. The summed E-state index contributed by atoms with van der Waals surface area (Å²) >= 11 is 0. The van der Waals surface area contributed by atoms with Gasteiger partial charge in [0.05, 0.1) is 6.61 Å². The van der Waals surface area contributed by atoms with Gasteiger partial charge in [-0.25, -0.2) is 0 Å². The summed E-state index contributed by atoms with van der Waals surface area (Å²) in [7, 11) is 0. The first-order valence-corrected chi connectivity index (χ1v) is 7.24. The van der Waals surface area contributed by atoms with Gasteiger partial charge in [0.2, 0.25) is 0 Å². The highest BCUT2D eigenvalue weighted by Gasteiger charge is 2.67. The van der Waals surface area contributed by atoms with E-state index in [-0.39, 0.29) is 0 Å². The van der Waals surface area contributed by atoms with Crippen LogP contribution in [0.1, 0.15) is 47.5 Å². The Balaban J connectivity index is 2.08. The van der Waals surface area contributed by atoms with Crippen LogP contribution < -0.4 is 5.32 Å². The van der Waals surface area contributed by atoms with Crippen molar-refractivity contribution in [3.63, 3.8) is 0 Å². The Morgan fingerprint density at radius 3 is 2.29 bits per heavy atom. The van der Waals surface area contributed by atoms with Crippen LogP contribution in [0, 0.1) is 22.7 Å². The standard InChI is InChI=1S/C15H29NO/c1-6-16-12(11-8-7-9-17-10-11)13-14(2,3)15(13,4)5/h11-13,16H,6-10H2,1-5H3. The maximum atomic E-state index is 5.68. The van der Waals surface area contributed by atoms with E-state index < -0.39 is 0 Å². The van der Waals surface area contributed by atoms with Crippen LogP contribution in [0.2, 0.25) is 0 Å². The minimum atomic E-state index is 0.470. The molecule has 2 aliphatic rings. The normalized spacial score (nSPS) is 33.4. The van der Waals surface area contributed by atoms with Gasteiger partial charge in [-0.15, -0.1) is 0 Å². The number of hydrogen-bond donors (Lipinski definition) is 1. The minimum Gasteiger partial charge on any atom is -0.381 e. The molecule has 1 saturated carbocycles. The van der Waals surface area contributed by atoms with Crippen LogP contribution in [-0.2, 0) is 4.74 Å². The summed E-state index contributed by atoms with van der Waals surface area (Å²) < 4.78 is 5.68. The fourth-order valence-corrected chi connectivity index (χ4v) is 3.99. The van der Waals surface area contributed by atoms with Gasteiger partial charge in [-0.05, 0) is 42.1 Å². The Morgan fingerprint density at radius 2 is 1.88 bits per heavy atom. The third-order valence-electron chi connectivity index (χ3n) is 5.63. The van der Waals surface area contributed by atoms with Crippen LogP contribution in [0.25, 0.3) is 0 Å². The molecule has 1 aliphatic carbocycles. The molecule has 0 bridgehead atoms. The van der Waals surface area contributed by atoms with Gasteiger partial charge >= 0.3 is 0 Å². The van der Waals surface area contributed by atoms with Crippen molar-refractivity contribution in [1.29, 1.82) is 0 Å². The van der Waals surface area contributed by atoms with Crippen molar-refractivity contribution < 1.29 is 4.74 Å². The van der Waals surface area contributed by atoms with Gasteiger partial charge < -0.3 is 10.1 Å². The van der Waals surface area contributed by atoms with Crippen LogP contribution in [0.5, 0.6) is 0 Å². The number of hydrogen-bond acceptors (Lipinski definition) is 2. The lowest BCUT2D eigenvalue weighted by Crippen LogP contribution is -2.43. The zero-order chi connectivity index (χ0) is 12.7. The highest BCUT2D eigenvalue weighted by Crippen LogP contribution is 2.70. The van der Waals surface area contributed by atoms with E-state index in [4.69, 9.17) is 4.74 Å². The SMILES string of the molecule is CCNC(C1CCCOC1)C1C(C)(C)C1(C)C.